The zero-order valence-corrected chi connectivity index (χ0v) is 10.7. The molecule has 0 amide bonds. The lowest BCUT2D eigenvalue weighted by Crippen LogP contribution is -2.12. The maximum Gasteiger partial charge on any atom is 0.196 e. The maximum atomic E-state index is 12.8. The lowest BCUT2D eigenvalue weighted by atomic mass is 9.86. The number of aromatic nitrogens is 2. The Morgan fingerprint density at radius 2 is 1.95 bits per heavy atom. The number of benzene rings is 2. The Labute approximate surface area is 114 Å². The van der Waals surface area contributed by atoms with Gasteiger partial charge in [0, 0.05) is 16.5 Å². The standard InChI is InChI=1S/C15H11N3O2/c1-20-18-11-7-2-4-8-13(11)15(19)9-5-3-6-10-12(9)14(8)17-16-10/h2-7,18H,1H3,(H,16,17). The Kier molecular flexibility index (Phi) is 2.19. The molecular weight excluding hydrogens is 254 g/mol. The van der Waals surface area contributed by atoms with E-state index >= 15 is 0 Å². The first kappa shape index (κ1) is 11.2. The number of hydrogen-bond acceptors (Lipinski definition) is 4. The van der Waals surface area contributed by atoms with Gasteiger partial charge in [0.1, 0.15) is 5.69 Å². The van der Waals surface area contributed by atoms with Gasteiger partial charge in [-0.1, -0.05) is 24.3 Å². The maximum absolute atomic E-state index is 12.8. The van der Waals surface area contributed by atoms with Crippen molar-refractivity contribution in [3.63, 3.8) is 0 Å². The van der Waals surface area contributed by atoms with Crippen molar-refractivity contribution in [1.82, 2.24) is 10.2 Å². The molecule has 2 N–H and O–H groups in total. The quantitative estimate of drug-likeness (QED) is 0.547. The number of fused-ring (bicyclic) bond motifs is 2. The van der Waals surface area contributed by atoms with Crippen LogP contribution in [0, 0.1) is 0 Å². The second-order valence-electron chi connectivity index (χ2n) is 4.66. The van der Waals surface area contributed by atoms with Crippen LogP contribution in [0.1, 0.15) is 15.9 Å². The summed E-state index contributed by atoms with van der Waals surface area (Å²) in [5, 5.41) is 8.22. The van der Waals surface area contributed by atoms with Gasteiger partial charge >= 0.3 is 0 Å². The fraction of sp³-hybridized carbons (Fsp3) is 0.0667. The molecule has 5 nitrogen and oxygen atoms in total. The van der Waals surface area contributed by atoms with Crippen LogP contribution < -0.4 is 5.48 Å². The third kappa shape index (κ3) is 1.30. The number of nitrogens with one attached hydrogen (secondary N) is 2. The molecule has 0 unspecified atom stereocenters. The SMILES string of the molecule is CONc1cccc2c1C(=O)c1cccc3[nH]nc-2c13. The lowest BCUT2D eigenvalue weighted by Gasteiger charge is -2.18. The normalized spacial score (nSPS) is 12.6. The largest absolute Gasteiger partial charge is 0.288 e. The summed E-state index contributed by atoms with van der Waals surface area (Å²) >= 11 is 0. The van der Waals surface area contributed by atoms with Gasteiger partial charge < -0.3 is 0 Å². The third-order valence-corrected chi connectivity index (χ3v) is 3.59. The zero-order chi connectivity index (χ0) is 13.7. The van der Waals surface area contributed by atoms with Gasteiger partial charge in [-0.05, 0) is 12.1 Å². The summed E-state index contributed by atoms with van der Waals surface area (Å²) < 4.78 is 0. The highest BCUT2D eigenvalue weighted by Crippen LogP contribution is 2.40. The fourth-order valence-corrected chi connectivity index (χ4v) is 2.78. The molecule has 4 rings (SSSR count). The molecule has 3 aromatic rings. The van der Waals surface area contributed by atoms with Crippen LogP contribution in [0.4, 0.5) is 5.69 Å². The van der Waals surface area contributed by atoms with Crippen LogP contribution in [0.3, 0.4) is 0 Å². The molecule has 98 valence electrons. The van der Waals surface area contributed by atoms with E-state index in [2.05, 4.69) is 15.7 Å². The molecule has 0 radical (unpaired) electrons. The van der Waals surface area contributed by atoms with Crippen molar-refractivity contribution in [1.29, 1.82) is 0 Å². The summed E-state index contributed by atoms with van der Waals surface area (Å²) in [5.41, 5.74) is 7.19. The number of anilines is 1. The highest BCUT2D eigenvalue weighted by Gasteiger charge is 2.29. The van der Waals surface area contributed by atoms with Crippen LogP contribution in [0.25, 0.3) is 22.2 Å². The molecule has 1 heterocycles. The zero-order valence-electron chi connectivity index (χ0n) is 10.7. The molecule has 0 atom stereocenters. The van der Waals surface area contributed by atoms with E-state index in [0.717, 1.165) is 22.2 Å². The minimum atomic E-state index is -0.0142. The Bertz CT molecular complexity index is 851. The number of nitrogens with zero attached hydrogens (tertiary/aromatic N) is 1. The highest BCUT2D eigenvalue weighted by atomic mass is 16.6. The molecule has 0 bridgehead atoms. The van der Waals surface area contributed by atoms with Crippen LogP contribution in [0.2, 0.25) is 0 Å². The van der Waals surface area contributed by atoms with Crippen molar-refractivity contribution in [3.05, 3.63) is 47.5 Å². The predicted molar refractivity (Wildman–Crippen MR) is 75.6 cm³/mol. The van der Waals surface area contributed by atoms with Crippen molar-refractivity contribution in [2.24, 2.45) is 0 Å². The van der Waals surface area contributed by atoms with E-state index in [-0.39, 0.29) is 5.78 Å². The second kappa shape index (κ2) is 3.91. The van der Waals surface area contributed by atoms with Gasteiger partial charge in [-0.25, -0.2) is 0 Å². The van der Waals surface area contributed by atoms with Crippen molar-refractivity contribution in [2.75, 3.05) is 12.6 Å². The average molecular weight is 265 g/mol. The number of carbonyl (C=O) groups is 1. The van der Waals surface area contributed by atoms with E-state index < -0.39 is 0 Å². The van der Waals surface area contributed by atoms with E-state index in [1.807, 2.05) is 36.4 Å². The van der Waals surface area contributed by atoms with E-state index in [4.69, 9.17) is 4.84 Å². The highest BCUT2D eigenvalue weighted by molar-refractivity contribution is 6.26. The Balaban J connectivity index is 2.12. The Morgan fingerprint density at radius 1 is 1.15 bits per heavy atom. The number of aromatic amines is 1. The molecule has 1 aliphatic rings. The molecule has 1 aliphatic carbocycles. The predicted octanol–water partition coefficient (Wildman–Crippen LogP) is 2.75. The second-order valence-corrected chi connectivity index (χ2v) is 4.66. The van der Waals surface area contributed by atoms with Gasteiger partial charge in [0.05, 0.1) is 23.9 Å². The smallest absolute Gasteiger partial charge is 0.196 e. The number of ketones is 1. The Hall–Kier alpha value is -2.66. The molecule has 1 aromatic heterocycles. The topological polar surface area (TPSA) is 67.0 Å². The third-order valence-electron chi connectivity index (χ3n) is 3.59. The van der Waals surface area contributed by atoms with Crippen LogP contribution >= 0.6 is 0 Å². The first-order valence-electron chi connectivity index (χ1n) is 6.25. The summed E-state index contributed by atoms with van der Waals surface area (Å²) in [7, 11) is 1.52. The summed E-state index contributed by atoms with van der Waals surface area (Å²) in [6.07, 6.45) is 0. The van der Waals surface area contributed by atoms with Gasteiger partial charge in [0.15, 0.2) is 5.78 Å². The number of H-pyrrole nitrogens is 1. The molecular formula is C15H11N3O2. The number of rotatable bonds is 2. The first-order chi connectivity index (χ1) is 9.81. The summed E-state index contributed by atoms with van der Waals surface area (Å²) in [4.78, 5) is 17.7. The Morgan fingerprint density at radius 3 is 2.80 bits per heavy atom. The minimum Gasteiger partial charge on any atom is -0.288 e. The van der Waals surface area contributed by atoms with E-state index in [1.165, 1.54) is 7.11 Å². The van der Waals surface area contributed by atoms with Gasteiger partial charge in [0.2, 0.25) is 0 Å². The van der Waals surface area contributed by atoms with Crippen LogP contribution in [-0.2, 0) is 4.84 Å². The van der Waals surface area contributed by atoms with Gasteiger partial charge in [-0.2, -0.15) is 5.10 Å². The van der Waals surface area contributed by atoms with Crippen molar-refractivity contribution in [2.45, 2.75) is 0 Å². The fourth-order valence-electron chi connectivity index (χ4n) is 2.78. The van der Waals surface area contributed by atoms with Crippen molar-refractivity contribution >= 4 is 22.4 Å². The summed E-state index contributed by atoms with van der Waals surface area (Å²) in [5.74, 6) is -0.0142. The van der Waals surface area contributed by atoms with Crippen LogP contribution in [0.15, 0.2) is 36.4 Å². The molecule has 0 aliphatic heterocycles. The van der Waals surface area contributed by atoms with Gasteiger partial charge in [0.25, 0.3) is 0 Å². The van der Waals surface area contributed by atoms with E-state index in [0.29, 0.717) is 16.8 Å². The molecule has 0 saturated carbocycles. The summed E-state index contributed by atoms with van der Waals surface area (Å²) in [6, 6.07) is 11.2. The van der Waals surface area contributed by atoms with Crippen LogP contribution in [-0.4, -0.2) is 23.1 Å². The molecule has 20 heavy (non-hydrogen) atoms. The molecule has 0 spiro atoms. The van der Waals surface area contributed by atoms with Crippen molar-refractivity contribution in [3.8, 4) is 11.3 Å². The monoisotopic (exact) mass is 265 g/mol. The molecule has 0 saturated heterocycles. The average Bonchev–Trinajstić information content (AvgIpc) is 2.90. The van der Waals surface area contributed by atoms with Crippen molar-refractivity contribution < 1.29 is 9.63 Å². The van der Waals surface area contributed by atoms with Crippen LogP contribution in [0.5, 0.6) is 0 Å². The minimum absolute atomic E-state index is 0.0142. The first-order valence-corrected chi connectivity index (χ1v) is 6.25. The number of carbonyl (C=O) groups excluding carboxylic acids is 1. The van der Waals surface area contributed by atoms with Gasteiger partial charge in [-0.15, -0.1) is 0 Å². The molecule has 0 fully saturated rings. The van der Waals surface area contributed by atoms with E-state index in [9.17, 15) is 4.79 Å². The number of hydrogen-bond donors (Lipinski definition) is 2. The molecule has 2 aromatic carbocycles. The van der Waals surface area contributed by atoms with Gasteiger partial charge in [-0.3, -0.25) is 20.2 Å². The molecule has 5 heteroatoms. The lowest BCUT2D eigenvalue weighted by molar-refractivity contribution is 0.104. The summed E-state index contributed by atoms with van der Waals surface area (Å²) in [6.45, 7) is 0. The van der Waals surface area contributed by atoms with E-state index in [1.54, 1.807) is 0 Å².